The van der Waals surface area contributed by atoms with Gasteiger partial charge in [0.15, 0.2) is 0 Å². The van der Waals surface area contributed by atoms with Crippen molar-refractivity contribution in [3.05, 3.63) is 58.9 Å². The van der Waals surface area contributed by atoms with Crippen molar-refractivity contribution in [2.75, 3.05) is 27.2 Å². The molecule has 0 aliphatic heterocycles. The predicted octanol–water partition coefficient (Wildman–Crippen LogP) is 3.57. The van der Waals surface area contributed by atoms with Gasteiger partial charge in [-0.1, -0.05) is 12.1 Å². The second-order valence-electron chi connectivity index (χ2n) is 6.33. The summed E-state index contributed by atoms with van der Waals surface area (Å²) in [5, 5.41) is 4.99. The van der Waals surface area contributed by atoms with Gasteiger partial charge in [0, 0.05) is 13.1 Å². The summed E-state index contributed by atoms with van der Waals surface area (Å²) < 4.78 is 16.5. The molecule has 0 radical (unpaired) electrons. The molecule has 0 atom stereocenters. The van der Waals surface area contributed by atoms with E-state index in [-0.39, 0.29) is 11.7 Å². The summed E-state index contributed by atoms with van der Waals surface area (Å²) in [4.78, 5) is 14.7. The maximum Gasteiger partial charge on any atom is 0.267 e. The van der Waals surface area contributed by atoms with E-state index in [0.717, 1.165) is 28.7 Å². The maximum absolute atomic E-state index is 13.5. The largest absolute Gasteiger partial charge is 0.351 e. The highest BCUT2D eigenvalue weighted by molar-refractivity contribution is 7.17. The molecular weight excluding hydrogens is 337 g/mol. The van der Waals surface area contributed by atoms with Gasteiger partial charge in [0.1, 0.15) is 11.5 Å². The predicted molar refractivity (Wildman–Crippen MR) is 101 cm³/mol. The first-order valence-electron chi connectivity index (χ1n) is 8.28. The molecule has 0 unspecified atom stereocenters. The summed E-state index contributed by atoms with van der Waals surface area (Å²) in [6.07, 6.45) is 0.901. The number of halogens is 1. The van der Waals surface area contributed by atoms with Crippen molar-refractivity contribution < 1.29 is 9.18 Å². The molecule has 0 bridgehead atoms. The number of rotatable bonds is 7. The normalized spacial score (nSPS) is 11.4. The highest BCUT2D eigenvalue weighted by atomic mass is 32.1. The fraction of sp³-hybridized carbons (Fsp3) is 0.316. The number of carbonyl (C=O) groups excluding carboxylic acids is 1. The van der Waals surface area contributed by atoms with E-state index >= 15 is 0 Å². The van der Waals surface area contributed by atoms with E-state index in [9.17, 15) is 9.18 Å². The van der Waals surface area contributed by atoms with Gasteiger partial charge in [-0.05, 0) is 62.3 Å². The van der Waals surface area contributed by atoms with Crippen LogP contribution in [0.15, 0.2) is 41.8 Å². The average Bonchev–Trinajstić information content (AvgIpc) is 3.14. The van der Waals surface area contributed by atoms with Gasteiger partial charge in [-0.25, -0.2) is 4.39 Å². The lowest BCUT2D eigenvalue weighted by Crippen LogP contribution is -2.29. The van der Waals surface area contributed by atoms with E-state index in [1.54, 1.807) is 17.4 Å². The van der Waals surface area contributed by atoms with Crippen molar-refractivity contribution in [3.63, 3.8) is 0 Å². The molecule has 6 heteroatoms. The van der Waals surface area contributed by atoms with E-state index in [0.29, 0.717) is 18.8 Å². The van der Waals surface area contributed by atoms with Crippen molar-refractivity contribution in [3.8, 4) is 0 Å². The van der Waals surface area contributed by atoms with E-state index in [1.807, 2.05) is 42.2 Å². The molecule has 2 heterocycles. The zero-order valence-corrected chi connectivity index (χ0v) is 15.3. The lowest BCUT2D eigenvalue weighted by Gasteiger charge is -2.12. The summed E-state index contributed by atoms with van der Waals surface area (Å²) >= 11 is 1.60. The highest BCUT2D eigenvalue weighted by Crippen LogP contribution is 2.26. The number of hydrogen-bond acceptors (Lipinski definition) is 3. The average molecular weight is 359 g/mol. The third kappa shape index (κ3) is 4.27. The standard InChI is InChI=1S/C19H22FN3OS/c1-22(2)9-4-8-21-19(24)17-12-18-16(7-10-25-18)23(17)13-14-5-3-6-15(20)11-14/h3,5-7,10-12H,4,8-9,13H2,1-2H3,(H,21,24). The molecule has 3 aromatic rings. The van der Waals surface area contributed by atoms with Crippen LogP contribution in [0.3, 0.4) is 0 Å². The molecule has 0 saturated heterocycles. The van der Waals surface area contributed by atoms with Crippen LogP contribution in [0.5, 0.6) is 0 Å². The Labute approximate surface area is 150 Å². The first kappa shape index (κ1) is 17.6. The van der Waals surface area contributed by atoms with Crippen molar-refractivity contribution >= 4 is 27.5 Å². The topological polar surface area (TPSA) is 37.3 Å². The maximum atomic E-state index is 13.5. The first-order valence-corrected chi connectivity index (χ1v) is 9.16. The zero-order valence-electron chi connectivity index (χ0n) is 14.5. The summed E-state index contributed by atoms with van der Waals surface area (Å²) in [5.41, 5.74) is 2.47. The number of nitrogens with zero attached hydrogens (tertiary/aromatic N) is 2. The van der Waals surface area contributed by atoms with Crippen LogP contribution in [0.4, 0.5) is 4.39 Å². The monoisotopic (exact) mass is 359 g/mol. The lowest BCUT2D eigenvalue weighted by atomic mass is 10.2. The fourth-order valence-corrected chi connectivity index (χ4v) is 3.66. The van der Waals surface area contributed by atoms with E-state index in [4.69, 9.17) is 0 Å². The van der Waals surface area contributed by atoms with Gasteiger partial charge in [-0.15, -0.1) is 11.3 Å². The highest BCUT2D eigenvalue weighted by Gasteiger charge is 2.16. The van der Waals surface area contributed by atoms with Crippen LogP contribution in [0.25, 0.3) is 10.2 Å². The number of hydrogen-bond donors (Lipinski definition) is 1. The van der Waals surface area contributed by atoms with Crippen molar-refractivity contribution in [1.29, 1.82) is 0 Å². The Kier molecular flexibility index (Phi) is 5.50. The third-order valence-electron chi connectivity index (χ3n) is 4.05. The zero-order chi connectivity index (χ0) is 17.8. The van der Waals surface area contributed by atoms with Crippen LogP contribution in [0.2, 0.25) is 0 Å². The van der Waals surface area contributed by atoms with Gasteiger partial charge < -0.3 is 14.8 Å². The molecule has 0 spiro atoms. The molecule has 2 aromatic heterocycles. The van der Waals surface area contributed by atoms with Gasteiger partial charge in [-0.2, -0.15) is 0 Å². The number of thiophene rings is 1. The van der Waals surface area contributed by atoms with Gasteiger partial charge in [0.05, 0.1) is 10.2 Å². The third-order valence-corrected chi connectivity index (χ3v) is 4.91. The fourth-order valence-electron chi connectivity index (χ4n) is 2.84. The molecule has 1 amide bonds. The molecule has 0 fully saturated rings. The Bertz CT molecular complexity index is 869. The quantitative estimate of drug-likeness (QED) is 0.655. The minimum Gasteiger partial charge on any atom is -0.351 e. The number of fused-ring (bicyclic) bond motifs is 1. The number of carbonyl (C=O) groups is 1. The van der Waals surface area contributed by atoms with Crippen LogP contribution in [0, 0.1) is 5.82 Å². The summed E-state index contributed by atoms with van der Waals surface area (Å²) in [5.74, 6) is -0.348. The minimum absolute atomic E-state index is 0.0847. The SMILES string of the molecule is CN(C)CCCNC(=O)c1cc2sccc2n1Cc1cccc(F)c1. The van der Waals surface area contributed by atoms with Crippen LogP contribution in [-0.4, -0.2) is 42.6 Å². The number of amides is 1. The van der Waals surface area contributed by atoms with E-state index in [2.05, 4.69) is 10.2 Å². The summed E-state index contributed by atoms with van der Waals surface area (Å²) in [6, 6.07) is 10.4. The number of benzene rings is 1. The Balaban J connectivity index is 1.80. The summed E-state index contributed by atoms with van der Waals surface area (Å²) in [7, 11) is 4.03. The molecule has 0 aliphatic carbocycles. The molecular formula is C19H22FN3OS. The second-order valence-corrected chi connectivity index (χ2v) is 7.28. The smallest absolute Gasteiger partial charge is 0.267 e. The summed E-state index contributed by atoms with van der Waals surface area (Å²) in [6.45, 7) is 2.04. The molecule has 0 aliphatic rings. The van der Waals surface area contributed by atoms with E-state index < -0.39 is 0 Å². The molecule has 132 valence electrons. The molecule has 4 nitrogen and oxygen atoms in total. The van der Waals surface area contributed by atoms with Gasteiger partial charge in [0.25, 0.3) is 5.91 Å². The molecule has 1 aromatic carbocycles. The molecule has 1 N–H and O–H groups in total. The van der Waals surface area contributed by atoms with Crippen LogP contribution in [0.1, 0.15) is 22.5 Å². The molecule has 25 heavy (non-hydrogen) atoms. The van der Waals surface area contributed by atoms with Crippen molar-refractivity contribution in [2.45, 2.75) is 13.0 Å². The lowest BCUT2D eigenvalue weighted by molar-refractivity contribution is 0.0944. The van der Waals surface area contributed by atoms with Crippen LogP contribution < -0.4 is 5.32 Å². The number of aromatic nitrogens is 1. The Hall–Kier alpha value is -2.18. The molecule has 0 saturated carbocycles. The Morgan fingerprint density at radius 3 is 2.88 bits per heavy atom. The van der Waals surface area contributed by atoms with Crippen molar-refractivity contribution in [2.24, 2.45) is 0 Å². The van der Waals surface area contributed by atoms with Gasteiger partial charge >= 0.3 is 0 Å². The van der Waals surface area contributed by atoms with Gasteiger partial charge in [0.2, 0.25) is 0 Å². The number of nitrogens with one attached hydrogen (secondary N) is 1. The molecule has 3 rings (SSSR count). The van der Waals surface area contributed by atoms with Crippen molar-refractivity contribution in [1.82, 2.24) is 14.8 Å². The Morgan fingerprint density at radius 1 is 1.28 bits per heavy atom. The van der Waals surface area contributed by atoms with E-state index in [1.165, 1.54) is 12.1 Å². The Morgan fingerprint density at radius 2 is 2.12 bits per heavy atom. The first-order chi connectivity index (χ1) is 12.0. The second kappa shape index (κ2) is 7.80. The minimum atomic E-state index is -0.263. The van der Waals surface area contributed by atoms with Gasteiger partial charge in [-0.3, -0.25) is 4.79 Å². The van der Waals surface area contributed by atoms with Crippen LogP contribution >= 0.6 is 11.3 Å². The van der Waals surface area contributed by atoms with Crippen LogP contribution in [-0.2, 0) is 6.54 Å².